The molecular formula is C17H20N2O3. The molecule has 1 saturated heterocycles. The van der Waals surface area contributed by atoms with Gasteiger partial charge in [0.1, 0.15) is 5.69 Å². The van der Waals surface area contributed by atoms with Crippen LogP contribution in [0.5, 0.6) is 0 Å². The average molecular weight is 300 g/mol. The Bertz CT molecular complexity index is 733. The Morgan fingerprint density at radius 1 is 1.32 bits per heavy atom. The van der Waals surface area contributed by atoms with Crippen molar-refractivity contribution in [3.8, 4) is 0 Å². The van der Waals surface area contributed by atoms with Crippen molar-refractivity contribution in [2.75, 3.05) is 13.1 Å². The van der Waals surface area contributed by atoms with Crippen LogP contribution in [0.25, 0.3) is 10.9 Å². The van der Waals surface area contributed by atoms with Gasteiger partial charge in [-0.25, -0.2) is 4.79 Å². The third kappa shape index (κ3) is 2.58. The topological polar surface area (TPSA) is 73.4 Å². The molecule has 0 saturated carbocycles. The Labute approximate surface area is 128 Å². The zero-order valence-electron chi connectivity index (χ0n) is 12.8. The highest BCUT2D eigenvalue weighted by Gasteiger charge is 2.28. The predicted octanol–water partition coefficient (Wildman–Crippen LogP) is 2.84. The maximum absolute atomic E-state index is 12.1. The Hall–Kier alpha value is -2.30. The highest BCUT2D eigenvalue weighted by molar-refractivity contribution is 5.94. The summed E-state index contributed by atoms with van der Waals surface area (Å²) in [6, 6.07) is 7.64. The van der Waals surface area contributed by atoms with E-state index in [1.54, 1.807) is 6.07 Å². The number of aromatic amines is 1. The molecule has 0 unspecified atom stereocenters. The molecule has 1 amide bonds. The van der Waals surface area contributed by atoms with Gasteiger partial charge in [-0.1, -0.05) is 19.9 Å². The van der Waals surface area contributed by atoms with E-state index in [-0.39, 0.29) is 17.5 Å². The first-order valence-corrected chi connectivity index (χ1v) is 7.60. The highest BCUT2D eigenvalue weighted by atomic mass is 16.4. The molecule has 1 aromatic carbocycles. The molecule has 3 rings (SSSR count). The van der Waals surface area contributed by atoms with E-state index in [4.69, 9.17) is 5.11 Å². The monoisotopic (exact) mass is 300 g/mol. The fraction of sp³-hybridized carbons (Fsp3) is 0.412. The summed E-state index contributed by atoms with van der Waals surface area (Å²) in [7, 11) is 0. The average Bonchev–Trinajstić information content (AvgIpc) is 3.12. The van der Waals surface area contributed by atoms with E-state index in [0.29, 0.717) is 5.92 Å². The van der Waals surface area contributed by atoms with Crippen LogP contribution < -0.4 is 0 Å². The smallest absolute Gasteiger partial charge is 0.352 e. The molecule has 5 nitrogen and oxygen atoms in total. The maximum Gasteiger partial charge on any atom is 0.352 e. The number of carboxylic acids is 1. The van der Waals surface area contributed by atoms with Crippen LogP contribution in [0.4, 0.5) is 0 Å². The molecular weight excluding hydrogens is 280 g/mol. The zero-order valence-corrected chi connectivity index (χ0v) is 12.8. The first-order valence-electron chi connectivity index (χ1n) is 7.60. The van der Waals surface area contributed by atoms with Crippen molar-refractivity contribution in [2.45, 2.75) is 26.2 Å². The lowest BCUT2D eigenvalue weighted by molar-refractivity contribution is -0.133. The fourth-order valence-corrected chi connectivity index (χ4v) is 3.12. The number of aromatic nitrogens is 1. The Kier molecular flexibility index (Phi) is 3.64. The van der Waals surface area contributed by atoms with Gasteiger partial charge in [0.15, 0.2) is 0 Å². The fourth-order valence-electron chi connectivity index (χ4n) is 3.12. The van der Waals surface area contributed by atoms with Gasteiger partial charge in [-0.05, 0) is 30.2 Å². The molecule has 1 aliphatic rings. The number of hydrogen-bond acceptors (Lipinski definition) is 2. The largest absolute Gasteiger partial charge is 0.477 e. The van der Waals surface area contributed by atoms with Crippen LogP contribution in [0.15, 0.2) is 24.3 Å². The van der Waals surface area contributed by atoms with E-state index in [1.165, 1.54) is 5.56 Å². The zero-order chi connectivity index (χ0) is 15.9. The van der Waals surface area contributed by atoms with Crippen molar-refractivity contribution >= 4 is 22.8 Å². The first-order chi connectivity index (χ1) is 10.5. The van der Waals surface area contributed by atoms with Gasteiger partial charge in [0.2, 0.25) is 5.91 Å². The molecule has 0 aliphatic carbocycles. The number of fused-ring (bicyclic) bond motifs is 1. The molecule has 2 N–H and O–H groups in total. The predicted molar refractivity (Wildman–Crippen MR) is 84.0 cm³/mol. The van der Waals surface area contributed by atoms with Gasteiger partial charge < -0.3 is 15.0 Å². The second-order valence-electron chi connectivity index (χ2n) is 6.26. The molecule has 0 bridgehead atoms. The summed E-state index contributed by atoms with van der Waals surface area (Å²) < 4.78 is 0. The quantitative estimate of drug-likeness (QED) is 0.915. The molecule has 0 radical (unpaired) electrons. The molecule has 2 aromatic rings. The SMILES string of the molecule is CC(C)C(=O)N1CC[C@@H](c2ccc3[nH]c(C(=O)O)cc3c2)C1. The van der Waals surface area contributed by atoms with Gasteiger partial charge in [-0.3, -0.25) is 4.79 Å². The van der Waals surface area contributed by atoms with E-state index >= 15 is 0 Å². The van der Waals surface area contributed by atoms with Gasteiger partial charge in [0.05, 0.1) is 0 Å². The summed E-state index contributed by atoms with van der Waals surface area (Å²) in [6.45, 7) is 5.40. The standard InChI is InChI=1S/C17H20N2O3/c1-10(2)16(20)19-6-5-12(9-19)11-3-4-14-13(7-11)8-15(18-14)17(21)22/h3-4,7-8,10,12,18H,5-6,9H2,1-2H3,(H,21,22)/t12-/m1/s1. The summed E-state index contributed by atoms with van der Waals surface area (Å²) in [6.07, 6.45) is 0.959. The first kappa shape index (κ1) is 14.6. The minimum absolute atomic E-state index is 0.0315. The second-order valence-corrected chi connectivity index (χ2v) is 6.26. The number of carboxylic acid groups (broad SMARTS) is 1. The summed E-state index contributed by atoms with van der Waals surface area (Å²) >= 11 is 0. The van der Waals surface area contributed by atoms with E-state index in [1.807, 2.05) is 36.9 Å². The molecule has 1 aromatic heterocycles. The normalized spacial score (nSPS) is 18.3. The van der Waals surface area contributed by atoms with Gasteiger partial charge in [-0.15, -0.1) is 0 Å². The van der Waals surface area contributed by atoms with Crippen molar-refractivity contribution in [3.05, 3.63) is 35.5 Å². The number of nitrogens with zero attached hydrogens (tertiary/aromatic N) is 1. The lowest BCUT2D eigenvalue weighted by atomic mass is 9.97. The molecule has 1 fully saturated rings. The minimum Gasteiger partial charge on any atom is -0.477 e. The van der Waals surface area contributed by atoms with E-state index in [2.05, 4.69) is 4.98 Å². The third-order valence-electron chi connectivity index (χ3n) is 4.34. The molecule has 1 aliphatic heterocycles. The van der Waals surface area contributed by atoms with Crippen molar-refractivity contribution in [3.63, 3.8) is 0 Å². The van der Waals surface area contributed by atoms with Crippen molar-refractivity contribution in [1.82, 2.24) is 9.88 Å². The Balaban J connectivity index is 1.82. The third-order valence-corrected chi connectivity index (χ3v) is 4.34. The van der Waals surface area contributed by atoms with Crippen LogP contribution in [-0.4, -0.2) is 40.0 Å². The van der Waals surface area contributed by atoms with Crippen LogP contribution in [0, 0.1) is 5.92 Å². The second kappa shape index (κ2) is 5.48. The molecule has 1 atom stereocenters. The van der Waals surface area contributed by atoms with Crippen molar-refractivity contribution in [2.24, 2.45) is 5.92 Å². The van der Waals surface area contributed by atoms with Crippen LogP contribution in [0.3, 0.4) is 0 Å². The number of carbonyl (C=O) groups excluding carboxylic acids is 1. The van der Waals surface area contributed by atoms with Crippen LogP contribution in [0.2, 0.25) is 0 Å². The number of rotatable bonds is 3. The minimum atomic E-state index is -0.952. The Morgan fingerprint density at radius 3 is 2.77 bits per heavy atom. The maximum atomic E-state index is 12.1. The summed E-state index contributed by atoms with van der Waals surface area (Å²) in [5.41, 5.74) is 2.20. The van der Waals surface area contributed by atoms with Crippen LogP contribution >= 0.6 is 0 Å². The number of aromatic carboxylic acids is 1. The van der Waals surface area contributed by atoms with Gasteiger partial charge in [0.25, 0.3) is 0 Å². The van der Waals surface area contributed by atoms with Crippen molar-refractivity contribution in [1.29, 1.82) is 0 Å². The van der Waals surface area contributed by atoms with Crippen molar-refractivity contribution < 1.29 is 14.7 Å². The number of amides is 1. The summed E-state index contributed by atoms with van der Waals surface area (Å²) in [5.74, 6) is -0.384. The van der Waals surface area contributed by atoms with Gasteiger partial charge >= 0.3 is 5.97 Å². The lowest BCUT2D eigenvalue weighted by Gasteiger charge is -2.18. The molecule has 0 spiro atoms. The summed E-state index contributed by atoms with van der Waals surface area (Å²) in [5, 5.41) is 9.95. The number of hydrogen-bond donors (Lipinski definition) is 2. The van der Waals surface area contributed by atoms with Gasteiger partial charge in [-0.2, -0.15) is 0 Å². The summed E-state index contributed by atoms with van der Waals surface area (Å²) in [4.78, 5) is 27.9. The Morgan fingerprint density at radius 2 is 2.09 bits per heavy atom. The van der Waals surface area contributed by atoms with E-state index in [9.17, 15) is 9.59 Å². The molecule has 22 heavy (non-hydrogen) atoms. The van der Waals surface area contributed by atoms with E-state index in [0.717, 1.165) is 30.4 Å². The van der Waals surface area contributed by atoms with Gasteiger partial charge in [0, 0.05) is 35.8 Å². The number of H-pyrrole nitrogens is 1. The van der Waals surface area contributed by atoms with E-state index < -0.39 is 5.97 Å². The number of benzene rings is 1. The molecule has 2 heterocycles. The molecule has 5 heteroatoms. The molecule has 116 valence electrons. The number of likely N-dealkylation sites (tertiary alicyclic amines) is 1. The highest BCUT2D eigenvalue weighted by Crippen LogP contribution is 2.30. The number of carbonyl (C=O) groups is 2. The van der Waals surface area contributed by atoms with Crippen LogP contribution in [-0.2, 0) is 4.79 Å². The number of nitrogens with one attached hydrogen (secondary N) is 1. The van der Waals surface area contributed by atoms with Crippen LogP contribution in [0.1, 0.15) is 42.2 Å². The lowest BCUT2D eigenvalue weighted by Crippen LogP contribution is -2.31.